The van der Waals surface area contributed by atoms with Crippen LogP contribution in [0.25, 0.3) is 10.8 Å². The van der Waals surface area contributed by atoms with Crippen LogP contribution >= 0.6 is 0 Å². The van der Waals surface area contributed by atoms with E-state index in [2.05, 4.69) is 6.07 Å². The van der Waals surface area contributed by atoms with E-state index in [1.165, 1.54) is 4.31 Å². The van der Waals surface area contributed by atoms with Crippen molar-refractivity contribution in [2.75, 3.05) is 20.8 Å². The highest BCUT2D eigenvalue weighted by Gasteiger charge is 2.42. The lowest BCUT2D eigenvalue weighted by Gasteiger charge is -2.28. The van der Waals surface area contributed by atoms with Crippen LogP contribution in [0.4, 0.5) is 0 Å². The molecule has 0 spiro atoms. The van der Waals surface area contributed by atoms with Crippen LogP contribution in [-0.2, 0) is 27.9 Å². The van der Waals surface area contributed by atoms with E-state index in [0.29, 0.717) is 42.1 Å². The number of benzene rings is 4. The van der Waals surface area contributed by atoms with Gasteiger partial charge in [0.2, 0.25) is 15.9 Å². The molecule has 1 fully saturated rings. The van der Waals surface area contributed by atoms with Gasteiger partial charge in [-0.05, 0) is 76.9 Å². The topological polar surface area (TPSA) is 99.9 Å². The minimum atomic E-state index is -4.09. The Balaban J connectivity index is 1.51. The predicted octanol–water partition coefficient (Wildman–Crippen LogP) is 4.72. The van der Waals surface area contributed by atoms with E-state index in [1.807, 2.05) is 24.3 Å². The number of methoxy groups -OCH3 is 2. The number of amides is 1. The molecule has 5 rings (SSSR count). The summed E-state index contributed by atoms with van der Waals surface area (Å²) in [6.07, 6.45) is 0.349. The summed E-state index contributed by atoms with van der Waals surface area (Å²) < 4.78 is 40.4. The summed E-state index contributed by atoms with van der Waals surface area (Å²) in [7, 11) is -0.979. The Kier molecular flexibility index (Phi) is 7.74. The first-order chi connectivity index (χ1) is 19.3. The molecule has 40 heavy (non-hydrogen) atoms. The molecule has 8 nitrogen and oxygen atoms in total. The Morgan fingerprint density at radius 2 is 1.62 bits per heavy atom. The molecule has 0 aromatic heterocycles. The molecule has 0 N–H and O–H groups in total. The maximum atomic E-state index is 14.2. The molecular formula is C31H29N3O5S. The third kappa shape index (κ3) is 5.50. The zero-order valence-electron chi connectivity index (χ0n) is 22.3. The van der Waals surface area contributed by atoms with E-state index in [9.17, 15) is 18.5 Å². The average molecular weight is 556 g/mol. The van der Waals surface area contributed by atoms with E-state index in [0.717, 1.165) is 16.3 Å². The standard InChI is InChI=1S/C31H29N3O5S/c1-38-27-8-4-7-24(16-27)21-34(30-13-14-33(31(30)35)20-23-6-3-5-22(15-23)19-32)40(36,37)29-12-10-25-9-11-28(39-2)17-26(25)18-29/h3-12,15-18,30H,13-14,20-21H2,1-2H3/t30-/m0/s1. The van der Waals surface area contributed by atoms with Gasteiger partial charge in [0.25, 0.3) is 0 Å². The van der Waals surface area contributed by atoms with Crippen LogP contribution in [0, 0.1) is 11.3 Å². The second-order valence-electron chi connectivity index (χ2n) is 9.65. The van der Waals surface area contributed by atoms with E-state index < -0.39 is 16.1 Å². The van der Waals surface area contributed by atoms with Gasteiger partial charge in [-0.3, -0.25) is 4.79 Å². The zero-order valence-corrected chi connectivity index (χ0v) is 23.1. The predicted molar refractivity (Wildman–Crippen MR) is 151 cm³/mol. The molecular weight excluding hydrogens is 526 g/mol. The Morgan fingerprint density at radius 3 is 2.40 bits per heavy atom. The molecule has 4 aromatic rings. The van der Waals surface area contributed by atoms with Crippen molar-refractivity contribution in [2.45, 2.75) is 30.4 Å². The molecule has 1 amide bonds. The molecule has 1 aliphatic rings. The molecule has 1 heterocycles. The summed E-state index contributed by atoms with van der Waals surface area (Å²) in [6, 6.07) is 26.0. The number of hydrogen-bond acceptors (Lipinski definition) is 6. The van der Waals surface area contributed by atoms with Crippen molar-refractivity contribution >= 4 is 26.7 Å². The third-order valence-corrected chi connectivity index (χ3v) is 9.00. The summed E-state index contributed by atoms with van der Waals surface area (Å²) in [4.78, 5) is 15.5. The van der Waals surface area contributed by atoms with Crippen LogP contribution in [0.3, 0.4) is 0 Å². The highest BCUT2D eigenvalue weighted by Crippen LogP contribution is 2.31. The smallest absolute Gasteiger partial charge is 0.244 e. The average Bonchev–Trinajstić information content (AvgIpc) is 3.34. The summed E-state index contributed by atoms with van der Waals surface area (Å²) in [5.41, 5.74) is 2.04. The van der Waals surface area contributed by atoms with Crippen molar-refractivity contribution in [3.63, 3.8) is 0 Å². The lowest BCUT2D eigenvalue weighted by molar-refractivity contribution is -0.131. The molecule has 204 valence electrons. The molecule has 9 heteroatoms. The summed E-state index contributed by atoms with van der Waals surface area (Å²) in [5, 5.41) is 10.8. The number of nitrogens with zero attached hydrogens (tertiary/aromatic N) is 3. The van der Waals surface area contributed by atoms with E-state index >= 15 is 0 Å². The SMILES string of the molecule is COc1cccc(CN([C@H]2CCN(Cc3cccc(C#N)c3)C2=O)S(=O)(=O)c2ccc3ccc(OC)cc3c2)c1. The first-order valence-corrected chi connectivity index (χ1v) is 14.3. The summed E-state index contributed by atoms with van der Waals surface area (Å²) in [6.45, 7) is 0.705. The number of nitriles is 1. The van der Waals surface area contributed by atoms with Gasteiger partial charge in [0, 0.05) is 19.6 Å². The maximum absolute atomic E-state index is 14.2. The van der Waals surface area contributed by atoms with Crippen molar-refractivity contribution in [1.29, 1.82) is 5.26 Å². The highest BCUT2D eigenvalue weighted by atomic mass is 32.2. The highest BCUT2D eigenvalue weighted by molar-refractivity contribution is 7.89. The van der Waals surface area contributed by atoms with Crippen molar-refractivity contribution in [2.24, 2.45) is 0 Å². The van der Waals surface area contributed by atoms with Gasteiger partial charge >= 0.3 is 0 Å². The number of rotatable bonds is 9. The molecule has 4 aromatic carbocycles. The van der Waals surface area contributed by atoms with Crippen LogP contribution in [0.15, 0.2) is 89.8 Å². The lowest BCUT2D eigenvalue weighted by atomic mass is 10.1. The van der Waals surface area contributed by atoms with Gasteiger partial charge in [0.1, 0.15) is 17.5 Å². The monoisotopic (exact) mass is 555 g/mol. The largest absolute Gasteiger partial charge is 0.497 e. The Hall–Kier alpha value is -4.39. The maximum Gasteiger partial charge on any atom is 0.244 e. The second-order valence-corrected chi connectivity index (χ2v) is 11.5. The number of ether oxygens (including phenoxy) is 2. The summed E-state index contributed by atoms with van der Waals surface area (Å²) >= 11 is 0. The van der Waals surface area contributed by atoms with Crippen LogP contribution < -0.4 is 9.47 Å². The minimum Gasteiger partial charge on any atom is -0.497 e. The van der Waals surface area contributed by atoms with Crippen LogP contribution in [0.5, 0.6) is 11.5 Å². The Labute approximate surface area is 234 Å². The molecule has 0 bridgehead atoms. The molecule has 0 radical (unpaired) electrons. The number of hydrogen-bond donors (Lipinski definition) is 0. The van der Waals surface area contributed by atoms with E-state index in [4.69, 9.17) is 9.47 Å². The van der Waals surface area contributed by atoms with Gasteiger partial charge in [0.05, 0.1) is 30.7 Å². The van der Waals surface area contributed by atoms with Crippen molar-refractivity contribution in [3.05, 3.63) is 102 Å². The summed E-state index contributed by atoms with van der Waals surface area (Å²) in [5.74, 6) is 0.957. The van der Waals surface area contributed by atoms with Crippen LogP contribution in [-0.4, -0.2) is 50.3 Å². The first-order valence-electron chi connectivity index (χ1n) is 12.8. The van der Waals surface area contributed by atoms with Gasteiger partial charge in [-0.15, -0.1) is 0 Å². The number of fused-ring (bicyclic) bond motifs is 1. The molecule has 0 aliphatic carbocycles. The van der Waals surface area contributed by atoms with E-state index in [1.54, 1.807) is 79.8 Å². The van der Waals surface area contributed by atoms with Crippen LogP contribution in [0.1, 0.15) is 23.1 Å². The van der Waals surface area contributed by atoms with Crippen molar-refractivity contribution in [1.82, 2.24) is 9.21 Å². The van der Waals surface area contributed by atoms with Gasteiger partial charge in [-0.1, -0.05) is 36.4 Å². The van der Waals surface area contributed by atoms with Gasteiger partial charge in [0.15, 0.2) is 0 Å². The second kappa shape index (κ2) is 11.4. The molecule has 0 unspecified atom stereocenters. The lowest BCUT2D eigenvalue weighted by Crippen LogP contribution is -2.44. The van der Waals surface area contributed by atoms with Crippen molar-refractivity contribution in [3.8, 4) is 17.6 Å². The zero-order chi connectivity index (χ0) is 28.3. The third-order valence-electron chi connectivity index (χ3n) is 7.14. The molecule has 1 aliphatic heterocycles. The number of carbonyl (C=O) groups is 1. The number of carbonyl (C=O) groups excluding carboxylic acids is 1. The molecule has 1 saturated heterocycles. The van der Waals surface area contributed by atoms with Gasteiger partial charge in [-0.2, -0.15) is 9.57 Å². The molecule has 0 saturated carbocycles. The fourth-order valence-corrected chi connectivity index (χ4v) is 6.68. The van der Waals surface area contributed by atoms with Gasteiger partial charge < -0.3 is 14.4 Å². The van der Waals surface area contributed by atoms with Gasteiger partial charge in [-0.25, -0.2) is 8.42 Å². The van der Waals surface area contributed by atoms with E-state index in [-0.39, 0.29) is 17.3 Å². The molecule has 1 atom stereocenters. The number of sulfonamides is 1. The first kappa shape index (κ1) is 27.2. The fourth-order valence-electron chi connectivity index (χ4n) is 5.05. The minimum absolute atomic E-state index is 0.00381. The number of likely N-dealkylation sites (tertiary alicyclic amines) is 1. The Morgan fingerprint density at radius 1 is 0.900 bits per heavy atom. The normalized spacial score (nSPS) is 15.4. The quantitative estimate of drug-likeness (QED) is 0.296. The fraction of sp³-hybridized carbons (Fsp3) is 0.226. The van der Waals surface area contributed by atoms with Crippen molar-refractivity contribution < 1.29 is 22.7 Å². The van der Waals surface area contributed by atoms with Crippen LogP contribution in [0.2, 0.25) is 0 Å². The Bertz CT molecular complexity index is 1710.